The predicted octanol–water partition coefficient (Wildman–Crippen LogP) is 5.11. The summed E-state index contributed by atoms with van der Waals surface area (Å²) in [6.45, 7) is 6.09. The number of hydrogen-bond donors (Lipinski definition) is 1. The molecule has 0 radical (unpaired) electrons. The van der Waals surface area contributed by atoms with Gasteiger partial charge in [0.1, 0.15) is 11.6 Å². The molecule has 1 aromatic heterocycles. The number of methoxy groups -OCH3 is 1. The molecule has 1 saturated heterocycles. The van der Waals surface area contributed by atoms with Crippen molar-refractivity contribution in [2.45, 2.75) is 32.2 Å². The number of rotatable bonds is 7. The Hall–Kier alpha value is -2.67. The van der Waals surface area contributed by atoms with E-state index in [0.717, 1.165) is 34.0 Å². The van der Waals surface area contributed by atoms with Gasteiger partial charge in [0, 0.05) is 30.1 Å². The summed E-state index contributed by atoms with van der Waals surface area (Å²) in [7, 11) is 1.59. The predicted molar refractivity (Wildman–Crippen MR) is 136 cm³/mol. The average Bonchev–Trinajstić information content (AvgIpc) is 3.26. The van der Waals surface area contributed by atoms with Gasteiger partial charge in [0.15, 0.2) is 0 Å². The summed E-state index contributed by atoms with van der Waals surface area (Å²) in [6.07, 6.45) is 5.19. The van der Waals surface area contributed by atoms with Crippen molar-refractivity contribution in [1.82, 2.24) is 14.9 Å². The number of aliphatic hydroxyl groups excluding tert-OH is 1. The van der Waals surface area contributed by atoms with Gasteiger partial charge in [0.05, 0.1) is 35.3 Å². The summed E-state index contributed by atoms with van der Waals surface area (Å²) < 4.78 is 5.46. The van der Waals surface area contributed by atoms with Crippen molar-refractivity contribution >= 4 is 40.0 Å². The van der Waals surface area contributed by atoms with Crippen LogP contribution in [-0.4, -0.2) is 52.2 Å². The monoisotopic (exact) mass is 499 g/mol. The SMILES string of the molecule is C=CC(=O)N1C[C@H](Cc2ncc3cc(-c4c(Cl)c(CC)cc(OC)c4Cl)ccc3n2)C[C@@H]1CO. The van der Waals surface area contributed by atoms with Crippen molar-refractivity contribution < 1.29 is 14.6 Å². The fraction of sp³-hybridized carbons (Fsp3) is 0.346. The van der Waals surface area contributed by atoms with Crippen LogP contribution < -0.4 is 4.74 Å². The summed E-state index contributed by atoms with van der Waals surface area (Å²) in [5.74, 6) is 1.32. The second-order valence-corrected chi connectivity index (χ2v) is 9.25. The quantitative estimate of drug-likeness (QED) is 0.457. The maximum Gasteiger partial charge on any atom is 0.246 e. The van der Waals surface area contributed by atoms with E-state index in [1.165, 1.54) is 6.08 Å². The fourth-order valence-corrected chi connectivity index (χ4v) is 5.41. The van der Waals surface area contributed by atoms with Gasteiger partial charge < -0.3 is 14.7 Å². The third kappa shape index (κ3) is 4.63. The molecule has 0 spiro atoms. The number of nitrogens with zero attached hydrogens (tertiary/aromatic N) is 3. The van der Waals surface area contributed by atoms with Gasteiger partial charge in [0.25, 0.3) is 0 Å². The van der Waals surface area contributed by atoms with E-state index in [-0.39, 0.29) is 24.5 Å². The normalized spacial score (nSPS) is 17.9. The molecule has 0 aliphatic carbocycles. The van der Waals surface area contributed by atoms with Crippen molar-refractivity contribution in [1.29, 1.82) is 0 Å². The number of hydrogen-bond acceptors (Lipinski definition) is 5. The number of aryl methyl sites for hydroxylation is 1. The molecule has 6 nitrogen and oxygen atoms in total. The first-order valence-electron chi connectivity index (χ1n) is 11.2. The topological polar surface area (TPSA) is 75.6 Å². The number of carbonyl (C=O) groups excluding carboxylic acids is 1. The number of ether oxygens (including phenoxy) is 1. The van der Waals surface area contributed by atoms with E-state index in [0.29, 0.717) is 41.0 Å². The smallest absolute Gasteiger partial charge is 0.246 e. The van der Waals surface area contributed by atoms with E-state index < -0.39 is 0 Å². The molecular formula is C26H27Cl2N3O3. The van der Waals surface area contributed by atoms with Crippen LogP contribution in [0.4, 0.5) is 0 Å². The van der Waals surface area contributed by atoms with Gasteiger partial charge in [-0.2, -0.15) is 0 Å². The fourth-order valence-electron chi connectivity index (χ4n) is 4.63. The average molecular weight is 500 g/mol. The van der Waals surface area contributed by atoms with Gasteiger partial charge in [-0.1, -0.05) is 42.8 Å². The van der Waals surface area contributed by atoms with Crippen molar-refractivity contribution in [3.63, 3.8) is 0 Å². The highest BCUT2D eigenvalue weighted by Crippen LogP contribution is 2.43. The van der Waals surface area contributed by atoms with Crippen LogP contribution in [0, 0.1) is 5.92 Å². The number of benzene rings is 2. The summed E-state index contributed by atoms with van der Waals surface area (Å²) in [4.78, 5) is 23.1. The van der Waals surface area contributed by atoms with Gasteiger partial charge >= 0.3 is 0 Å². The number of carbonyl (C=O) groups is 1. The maximum absolute atomic E-state index is 12.1. The first-order valence-corrected chi connectivity index (χ1v) is 12.0. The minimum atomic E-state index is -0.191. The Morgan fingerprint density at radius 2 is 2.12 bits per heavy atom. The Morgan fingerprint density at radius 3 is 2.79 bits per heavy atom. The number of fused-ring (bicyclic) bond motifs is 1. The summed E-state index contributed by atoms with van der Waals surface area (Å²) in [5.41, 5.74) is 3.38. The summed E-state index contributed by atoms with van der Waals surface area (Å²) in [5, 5.41) is 11.6. The van der Waals surface area contributed by atoms with Gasteiger partial charge in [-0.25, -0.2) is 9.97 Å². The Kier molecular flexibility index (Phi) is 7.41. The van der Waals surface area contributed by atoms with Gasteiger partial charge in [-0.3, -0.25) is 4.79 Å². The number of aliphatic hydroxyl groups is 1. The number of aromatic nitrogens is 2. The molecule has 1 fully saturated rings. The van der Waals surface area contributed by atoms with E-state index >= 15 is 0 Å². The van der Waals surface area contributed by atoms with E-state index in [1.807, 2.05) is 31.2 Å². The molecule has 1 aliphatic heterocycles. The third-order valence-electron chi connectivity index (χ3n) is 6.40. The lowest BCUT2D eigenvalue weighted by Crippen LogP contribution is -2.36. The molecule has 34 heavy (non-hydrogen) atoms. The molecule has 1 N–H and O–H groups in total. The van der Waals surface area contributed by atoms with Crippen LogP contribution >= 0.6 is 23.2 Å². The Bertz CT molecular complexity index is 1220. The van der Waals surface area contributed by atoms with Gasteiger partial charge in [-0.05, 0) is 54.2 Å². The minimum Gasteiger partial charge on any atom is -0.495 e. The van der Waals surface area contributed by atoms with Crippen LogP contribution in [0.3, 0.4) is 0 Å². The molecular weight excluding hydrogens is 473 g/mol. The molecule has 0 unspecified atom stereocenters. The van der Waals surface area contributed by atoms with Crippen LogP contribution in [0.5, 0.6) is 5.75 Å². The number of amides is 1. The summed E-state index contributed by atoms with van der Waals surface area (Å²) in [6, 6.07) is 7.55. The van der Waals surface area contributed by atoms with E-state index in [2.05, 4.69) is 11.6 Å². The largest absolute Gasteiger partial charge is 0.495 e. The third-order valence-corrected chi connectivity index (χ3v) is 7.21. The van der Waals surface area contributed by atoms with Crippen LogP contribution in [0.2, 0.25) is 10.0 Å². The molecule has 178 valence electrons. The van der Waals surface area contributed by atoms with E-state index in [1.54, 1.807) is 18.2 Å². The molecule has 2 aromatic carbocycles. The molecule has 4 rings (SSSR count). The van der Waals surface area contributed by atoms with Crippen LogP contribution in [-0.2, 0) is 17.6 Å². The van der Waals surface area contributed by atoms with Crippen LogP contribution in [0.25, 0.3) is 22.0 Å². The van der Waals surface area contributed by atoms with Crippen LogP contribution in [0.1, 0.15) is 24.7 Å². The Balaban J connectivity index is 1.62. The highest BCUT2D eigenvalue weighted by Gasteiger charge is 2.34. The summed E-state index contributed by atoms with van der Waals surface area (Å²) >= 11 is 13.3. The second-order valence-electron chi connectivity index (χ2n) is 8.49. The lowest BCUT2D eigenvalue weighted by molar-refractivity contribution is -0.127. The second kappa shape index (κ2) is 10.3. The molecule has 3 aromatic rings. The van der Waals surface area contributed by atoms with Gasteiger partial charge in [-0.15, -0.1) is 0 Å². The molecule has 0 saturated carbocycles. The number of likely N-dealkylation sites (tertiary alicyclic amines) is 1. The molecule has 1 aliphatic rings. The maximum atomic E-state index is 12.1. The van der Waals surface area contributed by atoms with E-state index in [9.17, 15) is 9.90 Å². The molecule has 0 bridgehead atoms. The molecule has 2 atom stereocenters. The van der Waals surface area contributed by atoms with Crippen molar-refractivity contribution in [2.24, 2.45) is 5.92 Å². The van der Waals surface area contributed by atoms with Crippen molar-refractivity contribution in [3.05, 3.63) is 64.6 Å². The standard InChI is InChI=1S/C26H27Cl2N3O3/c1-4-16-11-21(34-3)26(28)24(25(16)27)17-6-7-20-18(10-17)12-29-22(30-20)9-15-8-19(14-32)31(13-15)23(33)5-2/h5-7,10-12,15,19,32H,2,4,8-9,13-14H2,1,3H3/t15-,19+/m0/s1. The van der Waals surface area contributed by atoms with Gasteiger partial charge in [0.2, 0.25) is 5.91 Å². The van der Waals surface area contributed by atoms with E-state index in [4.69, 9.17) is 32.9 Å². The zero-order valence-electron chi connectivity index (χ0n) is 19.2. The molecule has 2 heterocycles. The first-order chi connectivity index (χ1) is 16.4. The highest BCUT2D eigenvalue weighted by molar-refractivity contribution is 6.40. The van der Waals surface area contributed by atoms with Crippen LogP contribution in [0.15, 0.2) is 43.1 Å². The highest BCUT2D eigenvalue weighted by atomic mass is 35.5. The Labute approximate surface area is 209 Å². The lowest BCUT2D eigenvalue weighted by Gasteiger charge is -2.21. The van der Waals surface area contributed by atoms with Crippen molar-refractivity contribution in [2.75, 3.05) is 20.3 Å². The minimum absolute atomic E-state index is 0.0629. The number of halogens is 2. The molecule has 1 amide bonds. The zero-order chi connectivity index (χ0) is 24.4. The van der Waals surface area contributed by atoms with Crippen molar-refractivity contribution in [3.8, 4) is 16.9 Å². The zero-order valence-corrected chi connectivity index (χ0v) is 20.7. The lowest BCUT2D eigenvalue weighted by atomic mass is 9.99. The first kappa shape index (κ1) is 24.5. The Morgan fingerprint density at radius 1 is 1.32 bits per heavy atom. The molecule has 8 heteroatoms.